The highest BCUT2D eigenvalue weighted by molar-refractivity contribution is 7.98. The van der Waals surface area contributed by atoms with Crippen LogP contribution in [0.15, 0.2) is 27.3 Å². The Morgan fingerprint density at radius 3 is 3.00 bits per heavy atom. The van der Waals surface area contributed by atoms with Gasteiger partial charge in [-0.3, -0.25) is 5.43 Å². The molecule has 0 aromatic carbocycles. The van der Waals surface area contributed by atoms with Gasteiger partial charge in [0.25, 0.3) is 5.22 Å². The lowest BCUT2D eigenvalue weighted by Gasteiger charge is -2.05. The zero-order chi connectivity index (χ0) is 12.8. The molecule has 0 atom stereocenters. The van der Waals surface area contributed by atoms with Gasteiger partial charge in [0.05, 0.1) is 12.8 Å². The Morgan fingerprint density at radius 1 is 1.44 bits per heavy atom. The molecule has 3 N–H and O–H groups in total. The number of oxazole rings is 1. The van der Waals surface area contributed by atoms with Gasteiger partial charge in [-0.25, -0.2) is 10.8 Å². The molecule has 0 saturated heterocycles. The second-order valence-corrected chi connectivity index (χ2v) is 4.04. The summed E-state index contributed by atoms with van der Waals surface area (Å²) >= 11 is 1.16. The number of nitrogens with two attached hydrogens (primary N) is 1. The minimum absolute atomic E-state index is 0.217. The first-order valence-electron chi connectivity index (χ1n) is 5.24. The lowest BCUT2D eigenvalue weighted by atomic mass is 10.5. The van der Waals surface area contributed by atoms with Crippen LogP contribution in [0, 0.1) is 0 Å². The van der Waals surface area contributed by atoms with E-state index in [4.69, 9.17) is 15.0 Å². The van der Waals surface area contributed by atoms with Crippen LogP contribution in [0.4, 0.5) is 5.95 Å². The van der Waals surface area contributed by atoms with Gasteiger partial charge in [-0.2, -0.15) is 15.0 Å². The molecule has 9 heteroatoms. The number of hydrogen-bond donors (Lipinski definition) is 2. The third-order valence-electron chi connectivity index (χ3n) is 1.75. The van der Waals surface area contributed by atoms with Gasteiger partial charge in [0.15, 0.2) is 0 Å². The quantitative estimate of drug-likeness (QED) is 0.587. The Kier molecular flexibility index (Phi) is 4.31. The fourth-order valence-electron chi connectivity index (χ4n) is 1.04. The summed E-state index contributed by atoms with van der Waals surface area (Å²) in [6, 6.07) is 0.217. The molecular formula is C9H12N6O2S. The number of hydrogen-bond acceptors (Lipinski definition) is 9. The standard InChI is InChI=1S/C9H12N6O2S/c1-2-4-16-7-12-6(15-10)13-8(14-7)18-9-11-3-5-17-9/h3,5H,2,4,10H2,1H3,(H,12,13,14,15). The average molecular weight is 268 g/mol. The first-order chi connectivity index (χ1) is 8.81. The van der Waals surface area contributed by atoms with Crippen LogP contribution in [0.1, 0.15) is 13.3 Å². The second kappa shape index (κ2) is 6.17. The summed E-state index contributed by atoms with van der Waals surface area (Å²) in [6.07, 6.45) is 3.87. The number of aromatic nitrogens is 4. The van der Waals surface area contributed by atoms with E-state index in [2.05, 4.69) is 25.4 Å². The predicted octanol–water partition coefficient (Wildman–Crippen LogP) is 1.09. The molecule has 0 saturated carbocycles. The van der Waals surface area contributed by atoms with E-state index in [0.717, 1.165) is 18.2 Å². The Labute approximate surface area is 107 Å². The fraction of sp³-hybridized carbons (Fsp3) is 0.333. The Morgan fingerprint density at radius 2 is 2.33 bits per heavy atom. The van der Waals surface area contributed by atoms with Crippen LogP contribution < -0.4 is 16.0 Å². The predicted molar refractivity (Wildman–Crippen MR) is 64.0 cm³/mol. The first kappa shape index (κ1) is 12.6. The van der Waals surface area contributed by atoms with Crippen molar-refractivity contribution < 1.29 is 9.15 Å². The molecule has 8 nitrogen and oxygen atoms in total. The van der Waals surface area contributed by atoms with Crippen LogP contribution in [0.2, 0.25) is 0 Å². The summed E-state index contributed by atoms with van der Waals surface area (Å²) in [5.74, 6) is 5.51. The maximum atomic E-state index is 5.34. The van der Waals surface area contributed by atoms with Gasteiger partial charge in [-0.1, -0.05) is 6.92 Å². The number of nitrogens with zero attached hydrogens (tertiary/aromatic N) is 4. The van der Waals surface area contributed by atoms with Crippen molar-refractivity contribution in [1.29, 1.82) is 0 Å². The van der Waals surface area contributed by atoms with E-state index in [-0.39, 0.29) is 12.0 Å². The molecule has 2 rings (SSSR count). The molecule has 0 unspecified atom stereocenters. The zero-order valence-electron chi connectivity index (χ0n) is 9.66. The first-order valence-corrected chi connectivity index (χ1v) is 6.06. The highest BCUT2D eigenvalue weighted by Crippen LogP contribution is 2.24. The van der Waals surface area contributed by atoms with Gasteiger partial charge < -0.3 is 9.15 Å². The van der Waals surface area contributed by atoms with Gasteiger partial charge in [0.1, 0.15) is 6.26 Å². The second-order valence-electron chi connectivity index (χ2n) is 3.12. The third-order valence-corrected chi connectivity index (χ3v) is 2.49. The van der Waals surface area contributed by atoms with E-state index in [9.17, 15) is 0 Å². The number of anilines is 1. The van der Waals surface area contributed by atoms with Crippen molar-refractivity contribution in [3.63, 3.8) is 0 Å². The summed E-state index contributed by atoms with van der Waals surface area (Å²) in [6.45, 7) is 2.52. The minimum Gasteiger partial charge on any atom is -0.463 e. The van der Waals surface area contributed by atoms with Gasteiger partial charge in [-0.05, 0) is 6.42 Å². The van der Waals surface area contributed by atoms with E-state index in [1.807, 2.05) is 6.92 Å². The van der Waals surface area contributed by atoms with Crippen molar-refractivity contribution in [2.75, 3.05) is 12.0 Å². The van der Waals surface area contributed by atoms with E-state index in [1.54, 1.807) is 6.20 Å². The van der Waals surface area contributed by atoms with Crippen molar-refractivity contribution in [2.24, 2.45) is 5.84 Å². The van der Waals surface area contributed by atoms with Crippen LogP contribution in [0.25, 0.3) is 0 Å². The largest absolute Gasteiger partial charge is 0.463 e. The molecular weight excluding hydrogens is 256 g/mol. The van der Waals surface area contributed by atoms with Crippen molar-refractivity contribution in [2.45, 2.75) is 23.7 Å². The molecule has 2 aromatic rings. The number of hydrazine groups is 1. The Hall–Kier alpha value is -1.87. The highest BCUT2D eigenvalue weighted by Gasteiger charge is 2.10. The smallest absolute Gasteiger partial charge is 0.322 e. The molecule has 0 aliphatic heterocycles. The molecule has 2 aromatic heterocycles. The van der Waals surface area contributed by atoms with E-state index >= 15 is 0 Å². The van der Waals surface area contributed by atoms with E-state index < -0.39 is 0 Å². The molecule has 0 aliphatic rings. The summed E-state index contributed by atoms with van der Waals surface area (Å²) in [5, 5.41) is 0.831. The summed E-state index contributed by atoms with van der Waals surface area (Å²) in [7, 11) is 0. The SMILES string of the molecule is CCCOc1nc(NN)nc(Sc2ncco2)n1. The molecule has 0 radical (unpaired) electrons. The van der Waals surface area contributed by atoms with Crippen molar-refractivity contribution >= 4 is 17.7 Å². The third kappa shape index (κ3) is 3.31. The summed E-state index contributed by atoms with van der Waals surface area (Å²) in [4.78, 5) is 16.1. The van der Waals surface area contributed by atoms with Crippen LogP contribution in [0.5, 0.6) is 6.01 Å². The minimum atomic E-state index is 0.217. The lowest BCUT2D eigenvalue weighted by molar-refractivity contribution is 0.288. The summed E-state index contributed by atoms with van der Waals surface area (Å²) < 4.78 is 10.4. The van der Waals surface area contributed by atoms with Gasteiger partial charge in [0, 0.05) is 11.8 Å². The highest BCUT2D eigenvalue weighted by atomic mass is 32.2. The van der Waals surface area contributed by atoms with E-state index in [0.29, 0.717) is 17.0 Å². The average Bonchev–Trinajstić information content (AvgIpc) is 2.89. The molecule has 0 bridgehead atoms. The van der Waals surface area contributed by atoms with Crippen molar-refractivity contribution in [1.82, 2.24) is 19.9 Å². The van der Waals surface area contributed by atoms with Crippen molar-refractivity contribution in [3.05, 3.63) is 12.5 Å². The van der Waals surface area contributed by atoms with Crippen LogP contribution in [-0.4, -0.2) is 26.5 Å². The number of ether oxygens (including phenoxy) is 1. The Bertz CT molecular complexity index is 492. The maximum absolute atomic E-state index is 5.34. The molecule has 0 amide bonds. The zero-order valence-corrected chi connectivity index (χ0v) is 10.5. The van der Waals surface area contributed by atoms with Gasteiger partial charge >= 0.3 is 6.01 Å². The van der Waals surface area contributed by atoms with Gasteiger partial charge in [0.2, 0.25) is 11.1 Å². The molecule has 96 valence electrons. The Balaban J connectivity index is 2.17. The van der Waals surface area contributed by atoms with Crippen LogP contribution in [-0.2, 0) is 0 Å². The van der Waals surface area contributed by atoms with Crippen molar-refractivity contribution in [3.8, 4) is 6.01 Å². The molecule has 0 aliphatic carbocycles. The normalized spacial score (nSPS) is 10.3. The number of rotatable bonds is 6. The lowest BCUT2D eigenvalue weighted by Crippen LogP contribution is -2.13. The summed E-state index contributed by atoms with van der Waals surface area (Å²) in [5.41, 5.74) is 2.36. The monoisotopic (exact) mass is 268 g/mol. The topological polar surface area (TPSA) is 112 Å². The van der Waals surface area contributed by atoms with Crippen LogP contribution in [0.3, 0.4) is 0 Å². The molecule has 2 heterocycles. The number of nitrogens with one attached hydrogen (secondary N) is 1. The molecule has 18 heavy (non-hydrogen) atoms. The molecule has 0 spiro atoms. The number of nitrogen functional groups attached to an aromatic ring is 1. The van der Waals surface area contributed by atoms with E-state index in [1.165, 1.54) is 6.26 Å². The van der Waals surface area contributed by atoms with Crippen LogP contribution >= 0.6 is 11.8 Å². The van der Waals surface area contributed by atoms with Gasteiger partial charge in [-0.15, -0.1) is 0 Å². The molecule has 0 fully saturated rings. The maximum Gasteiger partial charge on any atom is 0.322 e. The fourth-order valence-corrected chi connectivity index (χ4v) is 1.67.